The Morgan fingerprint density at radius 3 is 2.48 bits per heavy atom. The van der Waals surface area contributed by atoms with Crippen molar-refractivity contribution < 1.29 is 27.8 Å². The van der Waals surface area contributed by atoms with Gasteiger partial charge in [-0.15, -0.1) is 13.2 Å². The van der Waals surface area contributed by atoms with Gasteiger partial charge >= 0.3 is 12.3 Å². The summed E-state index contributed by atoms with van der Waals surface area (Å²) in [7, 11) is 0. The van der Waals surface area contributed by atoms with E-state index in [0.29, 0.717) is 19.5 Å². The number of carbonyl (C=O) groups is 1. The highest BCUT2D eigenvalue weighted by Crippen LogP contribution is 2.29. The Hall–Kier alpha value is -1.76. The summed E-state index contributed by atoms with van der Waals surface area (Å²) in [6, 6.07) is 5.63. The number of rotatable bonds is 4. The lowest BCUT2D eigenvalue weighted by Crippen LogP contribution is -2.26. The van der Waals surface area contributed by atoms with Crippen LogP contribution >= 0.6 is 0 Å². The van der Waals surface area contributed by atoms with E-state index >= 15 is 0 Å². The molecule has 1 aromatic rings. The topological polar surface area (TPSA) is 49.8 Å². The summed E-state index contributed by atoms with van der Waals surface area (Å²) in [5, 5.41) is 8.98. The lowest BCUT2D eigenvalue weighted by atomic mass is 10.1. The molecule has 116 valence electrons. The smallest absolute Gasteiger partial charge is 0.481 e. The van der Waals surface area contributed by atoms with Crippen LogP contribution in [-0.4, -0.2) is 35.4 Å². The molecule has 1 aromatic carbocycles. The maximum absolute atomic E-state index is 12.1. The lowest BCUT2D eigenvalue weighted by Gasteiger charge is -2.24. The van der Waals surface area contributed by atoms with E-state index in [0.717, 1.165) is 5.56 Å². The second-order valence-electron chi connectivity index (χ2n) is 5.11. The minimum absolute atomic E-state index is 0.0470. The molecule has 4 nitrogen and oxygen atoms in total. The van der Waals surface area contributed by atoms with E-state index in [1.807, 2.05) is 11.8 Å². The van der Waals surface area contributed by atoms with Gasteiger partial charge in [0.1, 0.15) is 5.75 Å². The Balaban J connectivity index is 2.00. The van der Waals surface area contributed by atoms with Crippen molar-refractivity contribution in [3.63, 3.8) is 0 Å². The van der Waals surface area contributed by atoms with Crippen LogP contribution in [0.1, 0.15) is 24.9 Å². The summed E-state index contributed by atoms with van der Waals surface area (Å²) < 4.78 is 40.1. The maximum Gasteiger partial charge on any atom is 0.573 e. The molecule has 1 fully saturated rings. The van der Waals surface area contributed by atoms with Gasteiger partial charge in [0, 0.05) is 12.6 Å². The minimum Gasteiger partial charge on any atom is -0.481 e. The first-order valence-corrected chi connectivity index (χ1v) is 6.59. The van der Waals surface area contributed by atoms with Crippen LogP contribution in [0.5, 0.6) is 5.75 Å². The Bertz CT molecular complexity index is 501. The largest absolute Gasteiger partial charge is 0.573 e. The average Bonchev–Trinajstić information content (AvgIpc) is 2.86. The monoisotopic (exact) mass is 303 g/mol. The molecular weight excluding hydrogens is 287 g/mol. The zero-order chi connectivity index (χ0) is 15.6. The van der Waals surface area contributed by atoms with Gasteiger partial charge in [-0.05, 0) is 37.6 Å². The Morgan fingerprint density at radius 1 is 1.38 bits per heavy atom. The molecule has 0 bridgehead atoms. The molecule has 0 aromatic heterocycles. The van der Waals surface area contributed by atoms with Gasteiger partial charge in [0.15, 0.2) is 0 Å². The summed E-state index contributed by atoms with van der Waals surface area (Å²) in [4.78, 5) is 12.9. The molecule has 1 aliphatic heterocycles. The first kappa shape index (κ1) is 15.6. The van der Waals surface area contributed by atoms with Crippen molar-refractivity contribution in [3.05, 3.63) is 29.8 Å². The molecule has 1 aliphatic rings. The number of ether oxygens (including phenoxy) is 1. The van der Waals surface area contributed by atoms with E-state index in [4.69, 9.17) is 5.11 Å². The van der Waals surface area contributed by atoms with Crippen LogP contribution in [0.3, 0.4) is 0 Å². The molecule has 7 heteroatoms. The van der Waals surface area contributed by atoms with Gasteiger partial charge in [-0.1, -0.05) is 12.1 Å². The number of nitrogens with zero attached hydrogens (tertiary/aromatic N) is 1. The highest BCUT2D eigenvalue weighted by Gasteiger charge is 2.32. The Kier molecular flexibility index (Phi) is 4.41. The van der Waals surface area contributed by atoms with Gasteiger partial charge in [0.25, 0.3) is 0 Å². The van der Waals surface area contributed by atoms with Gasteiger partial charge in [-0.2, -0.15) is 0 Å². The summed E-state index contributed by atoms with van der Waals surface area (Å²) in [5.74, 6) is -1.44. The number of carboxylic acid groups (broad SMARTS) is 1. The van der Waals surface area contributed by atoms with Gasteiger partial charge in [-0.25, -0.2) is 0 Å². The second-order valence-corrected chi connectivity index (χ2v) is 5.11. The Morgan fingerprint density at radius 2 is 2.00 bits per heavy atom. The highest BCUT2D eigenvalue weighted by molar-refractivity contribution is 5.70. The predicted octanol–water partition coefficient (Wildman–Crippen LogP) is 3.05. The van der Waals surface area contributed by atoms with E-state index in [9.17, 15) is 18.0 Å². The van der Waals surface area contributed by atoms with Crippen LogP contribution in [0.15, 0.2) is 24.3 Å². The van der Waals surface area contributed by atoms with Crippen LogP contribution in [0, 0.1) is 5.92 Å². The molecule has 21 heavy (non-hydrogen) atoms. The minimum atomic E-state index is -4.70. The van der Waals surface area contributed by atoms with Crippen molar-refractivity contribution in [3.8, 4) is 5.75 Å². The number of hydrogen-bond acceptors (Lipinski definition) is 3. The maximum atomic E-state index is 12.1. The lowest BCUT2D eigenvalue weighted by molar-refractivity contribution is -0.274. The summed E-state index contributed by atoms with van der Waals surface area (Å²) in [6.07, 6.45) is -4.11. The fourth-order valence-corrected chi connectivity index (χ4v) is 2.50. The van der Waals surface area contributed by atoms with E-state index in [2.05, 4.69) is 4.74 Å². The number of hydrogen-bond donors (Lipinski definition) is 1. The molecular formula is C14H16F3NO3. The number of carboxylic acids is 1. The second kappa shape index (κ2) is 5.93. The molecule has 1 heterocycles. The van der Waals surface area contributed by atoms with Gasteiger partial charge < -0.3 is 9.84 Å². The molecule has 2 unspecified atom stereocenters. The third-order valence-electron chi connectivity index (χ3n) is 3.71. The average molecular weight is 303 g/mol. The zero-order valence-corrected chi connectivity index (χ0v) is 11.4. The molecule has 0 radical (unpaired) electrons. The molecule has 2 rings (SSSR count). The molecule has 0 saturated carbocycles. The molecule has 0 spiro atoms. The SMILES string of the molecule is CC(c1ccc(OC(F)(F)F)cc1)N1CCC(C(=O)O)C1. The third-order valence-corrected chi connectivity index (χ3v) is 3.71. The quantitative estimate of drug-likeness (QED) is 0.929. The molecule has 1 N–H and O–H groups in total. The van der Waals surface area contributed by atoms with Crippen molar-refractivity contribution in [2.45, 2.75) is 25.7 Å². The van der Waals surface area contributed by atoms with Crippen molar-refractivity contribution >= 4 is 5.97 Å². The number of alkyl halides is 3. The zero-order valence-electron chi connectivity index (χ0n) is 11.4. The predicted molar refractivity (Wildman–Crippen MR) is 68.9 cm³/mol. The van der Waals surface area contributed by atoms with Crippen molar-refractivity contribution in [1.82, 2.24) is 4.90 Å². The molecule has 2 atom stereocenters. The standard InChI is InChI=1S/C14H16F3NO3/c1-9(18-7-6-11(8-18)13(19)20)10-2-4-12(5-3-10)21-14(15,16)17/h2-5,9,11H,6-8H2,1H3,(H,19,20). The van der Waals surface area contributed by atoms with Crippen LogP contribution in [0.25, 0.3) is 0 Å². The fourth-order valence-electron chi connectivity index (χ4n) is 2.50. The number of likely N-dealkylation sites (tertiary alicyclic amines) is 1. The van der Waals surface area contributed by atoms with E-state index in [-0.39, 0.29) is 17.7 Å². The van der Waals surface area contributed by atoms with Gasteiger partial charge in [0.2, 0.25) is 0 Å². The van der Waals surface area contributed by atoms with Crippen molar-refractivity contribution in [2.24, 2.45) is 5.92 Å². The van der Waals surface area contributed by atoms with Crippen molar-refractivity contribution in [2.75, 3.05) is 13.1 Å². The molecule has 0 amide bonds. The van der Waals surface area contributed by atoms with E-state index < -0.39 is 12.3 Å². The van der Waals surface area contributed by atoms with Crippen LogP contribution < -0.4 is 4.74 Å². The highest BCUT2D eigenvalue weighted by atomic mass is 19.4. The Labute approximate surface area is 120 Å². The van der Waals surface area contributed by atoms with E-state index in [1.54, 1.807) is 12.1 Å². The van der Waals surface area contributed by atoms with Crippen LogP contribution in [0.2, 0.25) is 0 Å². The number of halogens is 3. The first-order valence-electron chi connectivity index (χ1n) is 6.59. The van der Waals surface area contributed by atoms with Crippen molar-refractivity contribution in [1.29, 1.82) is 0 Å². The number of benzene rings is 1. The summed E-state index contributed by atoms with van der Waals surface area (Å²) in [6.45, 7) is 3.03. The molecule has 0 aliphatic carbocycles. The third kappa shape index (κ3) is 4.10. The molecule has 1 saturated heterocycles. The van der Waals surface area contributed by atoms with Crippen LogP contribution in [-0.2, 0) is 4.79 Å². The first-order chi connectivity index (χ1) is 9.76. The van der Waals surface area contributed by atoms with Gasteiger partial charge in [-0.3, -0.25) is 9.69 Å². The summed E-state index contributed by atoms with van der Waals surface area (Å²) in [5.41, 5.74) is 0.829. The summed E-state index contributed by atoms with van der Waals surface area (Å²) >= 11 is 0. The van der Waals surface area contributed by atoms with E-state index in [1.165, 1.54) is 12.1 Å². The fraction of sp³-hybridized carbons (Fsp3) is 0.500. The van der Waals surface area contributed by atoms with Gasteiger partial charge in [0.05, 0.1) is 5.92 Å². The van der Waals surface area contributed by atoms with Crippen LogP contribution in [0.4, 0.5) is 13.2 Å². The normalized spacial score (nSPS) is 21.2. The number of aliphatic carboxylic acids is 1.